The molecule has 1 amide bonds. The summed E-state index contributed by atoms with van der Waals surface area (Å²) in [5.74, 6) is 0.00531. The van der Waals surface area contributed by atoms with Crippen LogP contribution in [0.4, 0.5) is 0 Å². The van der Waals surface area contributed by atoms with Crippen molar-refractivity contribution in [2.24, 2.45) is 11.1 Å². The highest BCUT2D eigenvalue weighted by Crippen LogP contribution is 2.27. The number of nitrogens with zero attached hydrogens (tertiary/aromatic N) is 1. The lowest BCUT2D eigenvalue weighted by atomic mass is 9.81. The summed E-state index contributed by atoms with van der Waals surface area (Å²) in [6, 6.07) is 0.0256. The molecule has 0 aliphatic carbocycles. The maximum Gasteiger partial charge on any atom is 0.227 e. The molecule has 2 fully saturated rings. The number of ether oxygens (including phenoxy) is 1. The third kappa shape index (κ3) is 5.10. The Morgan fingerprint density at radius 2 is 1.69 bits per heavy atom. The molecule has 3 N–H and O–H groups in total. The molecule has 0 aromatic heterocycles. The van der Waals surface area contributed by atoms with E-state index in [0.29, 0.717) is 71.4 Å². The number of hydrogen-bond acceptors (Lipinski definition) is 5. The topological polar surface area (TPSA) is 102 Å². The highest BCUT2D eigenvalue weighted by molar-refractivity contribution is 7.89. The van der Waals surface area contributed by atoms with E-state index in [1.807, 2.05) is 13.8 Å². The lowest BCUT2D eigenvalue weighted by Gasteiger charge is -2.37. The lowest BCUT2D eigenvalue weighted by molar-refractivity contribution is -0.132. The first-order valence-corrected chi connectivity index (χ1v) is 11.0. The van der Waals surface area contributed by atoms with Crippen molar-refractivity contribution in [2.75, 3.05) is 32.8 Å². The highest BCUT2D eigenvalue weighted by Gasteiger charge is 2.38. The Morgan fingerprint density at radius 3 is 2.15 bits per heavy atom. The fourth-order valence-corrected chi connectivity index (χ4v) is 5.66. The molecule has 7 nitrogen and oxygen atoms in total. The molecule has 2 aliphatic rings. The van der Waals surface area contributed by atoms with Crippen molar-refractivity contribution in [1.82, 2.24) is 9.62 Å². The Labute approximate surface area is 163 Å². The van der Waals surface area contributed by atoms with Crippen molar-refractivity contribution < 1.29 is 17.9 Å². The summed E-state index contributed by atoms with van der Waals surface area (Å²) in [4.78, 5) is 12.6. The Kier molecular flexibility index (Phi) is 9.29. The third-order valence-electron chi connectivity index (χ3n) is 5.96. The maximum atomic E-state index is 12.7. The lowest BCUT2D eigenvalue weighted by Crippen LogP contribution is -2.53. The van der Waals surface area contributed by atoms with Crippen molar-refractivity contribution in [2.45, 2.75) is 63.7 Å². The number of nitrogens with one attached hydrogen (secondary N) is 1. The van der Waals surface area contributed by atoms with Gasteiger partial charge in [0, 0.05) is 38.9 Å². The van der Waals surface area contributed by atoms with Crippen molar-refractivity contribution in [3.8, 4) is 0 Å². The van der Waals surface area contributed by atoms with Gasteiger partial charge in [-0.05, 0) is 38.5 Å². The van der Waals surface area contributed by atoms with E-state index in [9.17, 15) is 13.2 Å². The predicted octanol–water partition coefficient (Wildman–Crippen LogP) is 1.26. The van der Waals surface area contributed by atoms with Gasteiger partial charge in [-0.3, -0.25) is 4.79 Å². The van der Waals surface area contributed by atoms with Gasteiger partial charge in [-0.1, -0.05) is 13.8 Å². The zero-order chi connectivity index (χ0) is 18.5. The summed E-state index contributed by atoms with van der Waals surface area (Å²) in [7, 11) is -3.26. The maximum absolute atomic E-state index is 12.7. The first kappa shape index (κ1) is 23.6. The van der Waals surface area contributed by atoms with Crippen LogP contribution in [0.2, 0.25) is 0 Å². The minimum atomic E-state index is -3.26. The van der Waals surface area contributed by atoms with Crippen molar-refractivity contribution in [3.05, 3.63) is 0 Å². The summed E-state index contributed by atoms with van der Waals surface area (Å²) in [5.41, 5.74) is 5.33. The largest absolute Gasteiger partial charge is 0.381 e. The Balaban J connectivity index is 0.00000338. The van der Waals surface area contributed by atoms with Gasteiger partial charge < -0.3 is 15.8 Å². The molecule has 9 heteroatoms. The fraction of sp³-hybridized carbons (Fsp3) is 0.941. The minimum absolute atomic E-state index is 0. The zero-order valence-electron chi connectivity index (χ0n) is 15.9. The van der Waals surface area contributed by atoms with E-state index in [1.54, 1.807) is 4.31 Å². The van der Waals surface area contributed by atoms with Crippen LogP contribution in [0.1, 0.15) is 52.4 Å². The molecule has 154 valence electrons. The number of sulfonamides is 1. The van der Waals surface area contributed by atoms with Crippen LogP contribution in [-0.4, -0.2) is 62.8 Å². The van der Waals surface area contributed by atoms with Gasteiger partial charge in [0.1, 0.15) is 0 Å². The molecular formula is C17H34ClN3O4S. The molecule has 0 radical (unpaired) electrons. The van der Waals surface area contributed by atoms with E-state index >= 15 is 0 Å². The van der Waals surface area contributed by atoms with Gasteiger partial charge in [-0.2, -0.15) is 0 Å². The molecule has 0 spiro atoms. The molecule has 2 aliphatic heterocycles. The van der Waals surface area contributed by atoms with Crippen LogP contribution in [0.3, 0.4) is 0 Å². The van der Waals surface area contributed by atoms with Gasteiger partial charge in [0.25, 0.3) is 0 Å². The van der Waals surface area contributed by atoms with E-state index in [1.165, 1.54) is 0 Å². The summed E-state index contributed by atoms with van der Waals surface area (Å²) in [6.07, 6.45) is 3.88. The average Bonchev–Trinajstić information content (AvgIpc) is 2.65. The molecule has 2 rings (SSSR count). The molecule has 0 unspecified atom stereocenters. The molecule has 2 heterocycles. The second-order valence-corrected chi connectivity index (χ2v) is 9.41. The number of rotatable bonds is 7. The first-order valence-electron chi connectivity index (χ1n) is 9.47. The van der Waals surface area contributed by atoms with Gasteiger partial charge >= 0.3 is 0 Å². The van der Waals surface area contributed by atoms with Crippen LogP contribution in [0.5, 0.6) is 0 Å². The van der Waals surface area contributed by atoms with Crippen LogP contribution < -0.4 is 11.1 Å². The SMILES string of the molecule is CCC(CC)(CN)C(=O)NC1CCN(S(=O)(=O)C2CCOCC2)CC1.Cl. The highest BCUT2D eigenvalue weighted by atomic mass is 35.5. The quantitative estimate of drug-likeness (QED) is 0.656. The number of piperidine rings is 1. The standard InChI is InChI=1S/C17H33N3O4S.ClH/c1-3-17(4-2,13-18)16(21)19-14-5-9-20(10-6-14)25(22,23)15-7-11-24-12-8-15;/h14-15H,3-13,18H2,1-2H3,(H,19,21);1H. The van der Waals surface area contributed by atoms with Gasteiger partial charge in [-0.15, -0.1) is 12.4 Å². The smallest absolute Gasteiger partial charge is 0.227 e. The Bertz CT molecular complexity index is 532. The summed E-state index contributed by atoms with van der Waals surface area (Å²) in [6.45, 7) is 6.29. The monoisotopic (exact) mass is 411 g/mol. The molecule has 2 saturated heterocycles. The zero-order valence-corrected chi connectivity index (χ0v) is 17.5. The van der Waals surface area contributed by atoms with E-state index in [2.05, 4.69) is 5.32 Å². The minimum Gasteiger partial charge on any atom is -0.381 e. The van der Waals surface area contributed by atoms with E-state index in [-0.39, 0.29) is 29.6 Å². The van der Waals surface area contributed by atoms with Gasteiger partial charge in [-0.25, -0.2) is 12.7 Å². The Hall–Kier alpha value is -0.410. The Morgan fingerprint density at radius 1 is 1.15 bits per heavy atom. The van der Waals surface area contributed by atoms with Crippen LogP contribution >= 0.6 is 12.4 Å². The number of amides is 1. The van der Waals surface area contributed by atoms with Crippen LogP contribution in [0.25, 0.3) is 0 Å². The summed E-state index contributed by atoms with van der Waals surface area (Å²) < 4.78 is 32.3. The average molecular weight is 412 g/mol. The molecule has 0 atom stereocenters. The second-order valence-electron chi connectivity index (χ2n) is 7.20. The van der Waals surface area contributed by atoms with Gasteiger partial charge in [0.05, 0.1) is 10.7 Å². The van der Waals surface area contributed by atoms with Crippen LogP contribution in [0, 0.1) is 5.41 Å². The predicted molar refractivity (Wildman–Crippen MR) is 105 cm³/mol. The molecule has 0 saturated carbocycles. The summed E-state index contributed by atoms with van der Waals surface area (Å²) in [5, 5.41) is 2.78. The molecular weight excluding hydrogens is 378 g/mol. The molecule has 26 heavy (non-hydrogen) atoms. The van der Waals surface area contributed by atoms with E-state index in [4.69, 9.17) is 10.5 Å². The molecule has 0 aromatic rings. The van der Waals surface area contributed by atoms with Gasteiger partial charge in [0.15, 0.2) is 0 Å². The number of nitrogens with two attached hydrogens (primary N) is 1. The number of carbonyl (C=O) groups excluding carboxylic acids is 1. The van der Waals surface area contributed by atoms with Crippen molar-refractivity contribution >= 4 is 28.3 Å². The van der Waals surface area contributed by atoms with Crippen LogP contribution in [-0.2, 0) is 19.6 Å². The van der Waals surface area contributed by atoms with Crippen molar-refractivity contribution in [3.63, 3.8) is 0 Å². The van der Waals surface area contributed by atoms with E-state index in [0.717, 1.165) is 0 Å². The molecule has 0 aromatic carbocycles. The fourth-order valence-electron chi connectivity index (χ4n) is 3.73. The number of hydrogen-bond donors (Lipinski definition) is 2. The molecule has 0 bridgehead atoms. The van der Waals surface area contributed by atoms with E-state index < -0.39 is 15.4 Å². The van der Waals surface area contributed by atoms with Gasteiger partial charge in [0.2, 0.25) is 15.9 Å². The number of halogens is 1. The first-order chi connectivity index (χ1) is 11.9. The third-order valence-corrected chi connectivity index (χ3v) is 8.36. The van der Waals surface area contributed by atoms with Crippen LogP contribution in [0.15, 0.2) is 0 Å². The summed E-state index contributed by atoms with van der Waals surface area (Å²) >= 11 is 0. The normalized spacial score (nSPS) is 21.2. The van der Waals surface area contributed by atoms with Crippen molar-refractivity contribution in [1.29, 1.82) is 0 Å². The second kappa shape index (κ2) is 10.2. The number of carbonyl (C=O) groups is 1.